The number of aliphatic imine (C=N–C) groups is 1. The highest BCUT2D eigenvalue weighted by atomic mass is 127. The van der Waals surface area contributed by atoms with Crippen LogP contribution in [0.2, 0.25) is 0 Å². The summed E-state index contributed by atoms with van der Waals surface area (Å²) in [5.74, 6) is 1.68. The van der Waals surface area contributed by atoms with Crippen LogP contribution in [0.15, 0.2) is 46.8 Å². The lowest BCUT2D eigenvalue weighted by Gasteiger charge is -2.12. The van der Waals surface area contributed by atoms with Crippen LogP contribution in [0.4, 0.5) is 0 Å². The van der Waals surface area contributed by atoms with Gasteiger partial charge >= 0.3 is 0 Å². The maximum atomic E-state index is 5.22. The third-order valence-electron chi connectivity index (χ3n) is 3.06. The van der Waals surface area contributed by atoms with Crippen LogP contribution in [0.25, 0.3) is 0 Å². The number of halogens is 1. The molecule has 4 nitrogen and oxygen atoms in total. The Bertz CT molecular complexity index is 573. The molecule has 2 N–H and O–H groups in total. The van der Waals surface area contributed by atoms with Gasteiger partial charge in [-0.2, -0.15) is 0 Å². The lowest BCUT2D eigenvalue weighted by Crippen LogP contribution is -2.37. The molecule has 1 heterocycles. The molecule has 0 fully saturated rings. The van der Waals surface area contributed by atoms with E-state index in [1.165, 1.54) is 4.88 Å². The van der Waals surface area contributed by atoms with Gasteiger partial charge in [0.05, 0.1) is 7.11 Å². The van der Waals surface area contributed by atoms with Gasteiger partial charge in [0, 0.05) is 25.0 Å². The highest BCUT2D eigenvalue weighted by Crippen LogP contribution is 2.12. The van der Waals surface area contributed by atoms with Gasteiger partial charge in [0.1, 0.15) is 5.75 Å². The number of hydrogen-bond donors (Lipinski definition) is 2. The Morgan fingerprint density at radius 1 is 1.23 bits per heavy atom. The average Bonchev–Trinajstić information content (AvgIpc) is 3.04. The standard InChI is InChI=1S/C16H21N3OS.HI/c1-17-16(18-9-8-15-7-4-10-21-15)19-12-13-5-3-6-14(11-13)20-2;/h3-7,10-11H,8-9,12H2,1-2H3,(H2,17,18,19);1H. The number of nitrogens with one attached hydrogen (secondary N) is 2. The monoisotopic (exact) mass is 431 g/mol. The Morgan fingerprint density at radius 3 is 2.77 bits per heavy atom. The molecular formula is C16H22IN3OS. The molecule has 0 unspecified atom stereocenters. The Labute approximate surface area is 153 Å². The van der Waals surface area contributed by atoms with Crippen LogP contribution in [0.1, 0.15) is 10.4 Å². The average molecular weight is 431 g/mol. The van der Waals surface area contributed by atoms with E-state index in [1.807, 2.05) is 18.2 Å². The Balaban J connectivity index is 0.00000242. The van der Waals surface area contributed by atoms with Gasteiger partial charge in [-0.1, -0.05) is 18.2 Å². The summed E-state index contributed by atoms with van der Waals surface area (Å²) in [6.45, 7) is 1.59. The topological polar surface area (TPSA) is 45.7 Å². The van der Waals surface area contributed by atoms with Gasteiger partial charge < -0.3 is 15.4 Å². The first kappa shape index (κ1) is 18.8. The summed E-state index contributed by atoms with van der Waals surface area (Å²) in [7, 11) is 3.46. The quantitative estimate of drug-likeness (QED) is 0.419. The van der Waals surface area contributed by atoms with Gasteiger partial charge in [-0.3, -0.25) is 4.99 Å². The fourth-order valence-corrected chi connectivity index (χ4v) is 2.66. The second-order valence-electron chi connectivity index (χ2n) is 4.53. The number of benzene rings is 1. The molecule has 0 saturated heterocycles. The number of methoxy groups -OCH3 is 1. The molecule has 0 bridgehead atoms. The minimum atomic E-state index is 0. The van der Waals surface area contributed by atoms with Crippen molar-refractivity contribution in [1.82, 2.24) is 10.6 Å². The predicted octanol–water partition coefficient (Wildman–Crippen LogP) is 3.28. The molecule has 0 spiro atoms. The van der Waals surface area contributed by atoms with Gasteiger partial charge in [-0.05, 0) is 35.6 Å². The predicted molar refractivity (Wildman–Crippen MR) is 105 cm³/mol. The van der Waals surface area contributed by atoms with E-state index in [0.717, 1.165) is 36.8 Å². The van der Waals surface area contributed by atoms with E-state index < -0.39 is 0 Å². The van der Waals surface area contributed by atoms with E-state index in [0.29, 0.717) is 0 Å². The van der Waals surface area contributed by atoms with Crippen molar-refractivity contribution in [2.24, 2.45) is 4.99 Å². The normalized spacial score (nSPS) is 10.7. The van der Waals surface area contributed by atoms with Crippen LogP contribution < -0.4 is 15.4 Å². The summed E-state index contributed by atoms with van der Waals surface area (Å²) in [5.41, 5.74) is 1.16. The third-order valence-corrected chi connectivity index (χ3v) is 4.00. The van der Waals surface area contributed by atoms with Crippen molar-refractivity contribution in [3.8, 4) is 5.75 Å². The SMILES string of the molecule is CN=C(NCCc1cccs1)NCc1cccc(OC)c1.I. The fourth-order valence-electron chi connectivity index (χ4n) is 1.95. The molecule has 6 heteroatoms. The number of guanidine groups is 1. The van der Waals surface area contributed by atoms with Crippen molar-refractivity contribution in [2.45, 2.75) is 13.0 Å². The second-order valence-corrected chi connectivity index (χ2v) is 5.57. The van der Waals surface area contributed by atoms with E-state index in [-0.39, 0.29) is 24.0 Å². The third kappa shape index (κ3) is 6.23. The first-order chi connectivity index (χ1) is 10.3. The largest absolute Gasteiger partial charge is 0.497 e. The molecular weight excluding hydrogens is 409 g/mol. The van der Waals surface area contributed by atoms with Crippen LogP contribution in [0, 0.1) is 0 Å². The fraction of sp³-hybridized carbons (Fsp3) is 0.312. The van der Waals surface area contributed by atoms with Crippen molar-refractivity contribution in [2.75, 3.05) is 20.7 Å². The summed E-state index contributed by atoms with van der Waals surface area (Å²) in [6.07, 6.45) is 1.01. The maximum Gasteiger partial charge on any atom is 0.191 e. The zero-order valence-electron chi connectivity index (χ0n) is 12.8. The molecule has 2 rings (SSSR count). The second kappa shape index (κ2) is 10.4. The number of thiophene rings is 1. The van der Waals surface area contributed by atoms with E-state index in [1.54, 1.807) is 25.5 Å². The number of rotatable bonds is 6. The Hall–Kier alpha value is -1.28. The van der Waals surface area contributed by atoms with Crippen LogP contribution >= 0.6 is 35.3 Å². The summed E-state index contributed by atoms with van der Waals surface area (Å²) >= 11 is 1.78. The molecule has 1 aromatic heterocycles. The Kier molecular flexibility index (Phi) is 8.91. The minimum absolute atomic E-state index is 0. The summed E-state index contributed by atoms with van der Waals surface area (Å²) in [5, 5.41) is 8.73. The van der Waals surface area contributed by atoms with Crippen LogP contribution in [-0.2, 0) is 13.0 Å². The van der Waals surface area contributed by atoms with E-state index in [4.69, 9.17) is 4.74 Å². The number of nitrogens with zero attached hydrogens (tertiary/aromatic N) is 1. The van der Waals surface area contributed by atoms with Crippen molar-refractivity contribution in [3.05, 3.63) is 52.2 Å². The molecule has 2 aromatic rings. The summed E-state index contributed by atoms with van der Waals surface area (Å²) < 4.78 is 5.22. The van der Waals surface area contributed by atoms with Crippen LogP contribution in [-0.4, -0.2) is 26.7 Å². The van der Waals surface area contributed by atoms with Crippen molar-refractivity contribution in [1.29, 1.82) is 0 Å². The molecule has 0 saturated carbocycles. The Morgan fingerprint density at radius 2 is 2.09 bits per heavy atom. The zero-order chi connectivity index (χ0) is 14.9. The molecule has 0 aliphatic heterocycles. The molecule has 0 amide bonds. The first-order valence-corrected chi connectivity index (χ1v) is 7.79. The highest BCUT2D eigenvalue weighted by Gasteiger charge is 2.00. The first-order valence-electron chi connectivity index (χ1n) is 6.91. The molecule has 0 radical (unpaired) electrons. The van der Waals surface area contributed by atoms with Crippen molar-refractivity contribution in [3.63, 3.8) is 0 Å². The zero-order valence-corrected chi connectivity index (χ0v) is 16.0. The molecule has 1 aromatic carbocycles. The van der Waals surface area contributed by atoms with Crippen LogP contribution in [0.3, 0.4) is 0 Å². The van der Waals surface area contributed by atoms with Crippen molar-refractivity contribution < 1.29 is 4.74 Å². The lowest BCUT2D eigenvalue weighted by atomic mass is 10.2. The van der Waals surface area contributed by atoms with Gasteiger partial charge in [0.25, 0.3) is 0 Å². The van der Waals surface area contributed by atoms with E-state index >= 15 is 0 Å². The minimum Gasteiger partial charge on any atom is -0.497 e. The van der Waals surface area contributed by atoms with Gasteiger partial charge in [-0.25, -0.2) is 0 Å². The number of ether oxygens (including phenoxy) is 1. The summed E-state index contributed by atoms with van der Waals surface area (Å²) in [6, 6.07) is 12.2. The summed E-state index contributed by atoms with van der Waals surface area (Å²) in [4.78, 5) is 5.61. The maximum absolute atomic E-state index is 5.22. The van der Waals surface area contributed by atoms with Gasteiger partial charge in [0.15, 0.2) is 5.96 Å². The van der Waals surface area contributed by atoms with E-state index in [2.05, 4.69) is 39.2 Å². The molecule has 120 valence electrons. The molecule has 0 aliphatic rings. The van der Waals surface area contributed by atoms with Gasteiger partial charge in [0.2, 0.25) is 0 Å². The highest BCUT2D eigenvalue weighted by molar-refractivity contribution is 14.0. The molecule has 0 aliphatic carbocycles. The lowest BCUT2D eigenvalue weighted by molar-refractivity contribution is 0.414. The molecule has 0 atom stereocenters. The number of hydrogen-bond acceptors (Lipinski definition) is 3. The smallest absolute Gasteiger partial charge is 0.191 e. The van der Waals surface area contributed by atoms with Gasteiger partial charge in [-0.15, -0.1) is 35.3 Å². The molecule has 22 heavy (non-hydrogen) atoms. The van der Waals surface area contributed by atoms with Crippen LogP contribution in [0.5, 0.6) is 5.75 Å². The van der Waals surface area contributed by atoms with E-state index in [9.17, 15) is 0 Å². The van der Waals surface area contributed by atoms with Crippen molar-refractivity contribution >= 4 is 41.3 Å².